The fourth-order valence-electron chi connectivity index (χ4n) is 3.13. The van der Waals surface area contributed by atoms with Gasteiger partial charge >= 0.3 is 0 Å². The summed E-state index contributed by atoms with van der Waals surface area (Å²) < 4.78 is 2.22. The van der Waals surface area contributed by atoms with Gasteiger partial charge in [-0.3, -0.25) is 0 Å². The van der Waals surface area contributed by atoms with Crippen LogP contribution in [0.25, 0.3) is 33.2 Å². The number of benzene rings is 2. The zero-order chi connectivity index (χ0) is 15.3. The van der Waals surface area contributed by atoms with E-state index in [1.165, 1.54) is 21.8 Å². The average molecular weight is 288 g/mol. The molecule has 22 heavy (non-hydrogen) atoms. The second-order valence-corrected chi connectivity index (χ2v) is 5.53. The van der Waals surface area contributed by atoms with E-state index in [0.29, 0.717) is 0 Å². The molecule has 108 valence electrons. The van der Waals surface area contributed by atoms with Gasteiger partial charge in [-0.1, -0.05) is 30.3 Å². The number of aromatic nitrogens is 4. The van der Waals surface area contributed by atoms with Crippen LogP contribution in [-0.2, 0) is 7.05 Å². The van der Waals surface area contributed by atoms with Crippen LogP contribution in [0.3, 0.4) is 0 Å². The van der Waals surface area contributed by atoms with Gasteiger partial charge in [-0.15, -0.1) is 0 Å². The summed E-state index contributed by atoms with van der Waals surface area (Å²) in [5.41, 5.74) is 3.46. The molecule has 0 saturated carbocycles. The number of para-hydroxylation sites is 1. The van der Waals surface area contributed by atoms with Gasteiger partial charge in [-0.2, -0.15) is 0 Å². The smallest absolute Gasteiger partial charge is 0.164 e. The predicted octanol–water partition coefficient (Wildman–Crippen LogP) is 3.80. The van der Waals surface area contributed by atoms with Crippen LogP contribution in [0.1, 0.15) is 11.6 Å². The van der Waals surface area contributed by atoms with Crippen LogP contribution in [0, 0.1) is 13.8 Å². The zero-order valence-electron chi connectivity index (χ0n) is 12.8. The van der Waals surface area contributed by atoms with E-state index in [0.717, 1.165) is 23.0 Å². The monoisotopic (exact) mass is 288 g/mol. The zero-order valence-corrected chi connectivity index (χ0v) is 12.8. The first-order valence-electron chi connectivity index (χ1n) is 7.31. The standard InChI is InChI=1S/C18H16N4/c1-11-19-12(2)21-18(20-11)14-8-6-10-16-17(14)13-7-4-5-9-15(13)22(16)3/h4-10H,1-3H3. The van der Waals surface area contributed by atoms with Gasteiger partial charge < -0.3 is 4.57 Å². The van der Waals surface area contributed by atoms with Gasteiger partial charge in [0, 0.05) is 34.4 Å². The van der Waals surface area contributed by atoms with Crippen LogP contribution in [0.15, 0.2) is 42.5 Å². The third-order valence-corrected chi connectivity index (χ3v) is 4.04. The Bertz CT molecular complexity index is 994. The number of fused-ring (bicyclic) bond motifs is 3. The highest BCUT2D eigenvalue weighted by Gasteiger charge is 2.14. The lowest BCUT2D eigenvalue weighted by Gasteiger charge is -2.05. The van der Waals surface area contributed by atoms with Crippen molar-refractivity contribution in [2.75, 3.05) is 0 Å². The van der Waals surface area contributed by atoms with Crippen molar-refractivity contribution >= 4 is 21.8 Å². The summed E-state index contributed by atoms with van der Waals surface area (Å²) in [5.74, 6) is 2.24. The molecule has 2 aromatic carbocycles. The third-order valence-electron chi connectivity index (χ3n) is 4.04. The van der Waals surface area contributed by atoms with Gasteiger partial charge in [-0.05, 0) is 26.0 Å². The van der Waals surface area contributed by atoms with Crippen molar-refractivity contribution in [3.63, 3.8) is 0 Å². The topological polar surface area (TPSA) is 43.6 Å². The lowest BCUT2D eigenvalue weighted by atomic mass is 10.1. The fourth-order valence-corrected chi connectivity index (χ4v) is 3.13. The molecule has 4 aromatic rings. The highest BCUT2D eigenvalue weighted by atomic mass is 15.0. The maximum atomic E-state index is 4.54. The molecule has 0 spiro atoms. The molecule has 4 heteroatoms. The largest absolute Gasteiger partial charge is 0.344 e. The molecular weight excluding hydrogens is 272 g/mol. The quantitative estimate of drug-likeness (QED) is 0.535. The van der Waals surface area contributed by atoms with Crippen molar-refractivity contribution < 1.29 is 0 Å². The van der Waals surface area contributed by atoms with Crippen LogP contribution < -0.4 is 0 Å². The van der Waals surface area contributed by atoms with Crippen LogP contribution in [0.4, 0.5) is 0 Å². The Kier molecular flexibility index (Phi) is 2.73. The molecule has 0 aliphatic heterocycles. The molecule has 0 fully saturated rings. The van der Waals surface area contributed by atoms with E-state index >= 15 is 0 Å². The van der Waals surface area contributed by atoms with Crippen LogP contribution in [0.5, 0.6) is 0 Å². The van der Waals surface area contributed by atoms with Crippen LogP contribution in [0.2, 0.25) is 0 Å². The first-order chi connectivity index (χ1) is 10.6. The average Bonchev–Trinajstić information content (AvgIpc) is 2.80. The Morgan fingerprint density at radius 2 is 1.45 bits per heavy atom. The number of rotatable bonds is 1. The van der Waals surface area contributed by atoms with Crippen molar-refractivity contribution in [2.45, 2.75) is 13.8 Å². The van der Waals surface area contributed by atoms with Gasteiger partial charge in [0.1, 0.15) is 11.6 Å². The fraction of sp³-hybridized carbons (Fsp3) is 0.167. The molecule has 2 aromatic heterocycles. The molecule has 4 nitrogen and oxygen atoms in total. The van der Waals surface area contributed by atoms with Gasteiger partial charge in [0.2, 0.25) is 0 Å². The normalized spacial score (nSPS) is 11.4. The molecule has 0 N–H and O–H groups in total. The summed E-state index contributed by atoms with van der Waals surface area (Å²) in [7, 11) is 2.10. The third kappa shape index (κ3) is 1.80. The first-order valence-corrected chi connectivity index (χ1v) is 7.31. The summed E-state index contributed by atoms with van der Waals surface area (Å²) in [4.78, 5) is 13.4. The molecule has 0 amide bonds. The Balaban J connectivity index is 2.17. The molecule has 0 saturated heterocycles. The minimum absolute atomic E-state index is 0.743. The van der Waals surface area contributed by atoms with Crippen LogP contribution >= 0.6 is 0 Å². The Hall–Kier alpha value is -2.75. The molecule has 0 unspecified atom stereocenters. The van der Waals surface area contributed by atoms with E-state index in [1.807, 2.05) is 13.8 Å². The lowest BCUT2D eigenvalue weighted by Crippen LogP contribution is -1.99. The van der Waals surface area contributed by atoms with E-state index in [1.54, 1.807) is 0 Å². The van der Waals surface area contributed by atoms with Crippen molar-refractivity contribution in [1.82, 2.24) is 19.5 Å². The van der Waals surface area contributed by atoms with Gasteiger partial charge in [0.05, 0.1) is 0 Å². The maximum absolute atomic E-state index is 4.54. The lowest BCUT2D eigenvalue weighted by molar-refractivity contribution is 0.929. The molecule has 0 bridgehead atoms. The predicted molar refractivity (Wildman–Crippen MR) is 88.7 cm³/mol. The number of hydrogen-bond donors (Lipinski definition) is 0. The Morgan fingerprint density at radius 3 is 2.23 bits per heavy atom. The molecule has 4 rings (SSSR count). The Morgan fingerprint density at radius 1 is 0.773 bits per heavy atom. The molecule has 0 aliphatic carbocycles. The van der Waals surface area contributed by atoms with E-state index < -0.39 is 0 Å². The summed E-state index contributed by atoms with van der Waals surface area (Å²) in [6.07, 6.45) is 0. The number of nitrogens with zero attached hydrogens (tertiary/aromatic N) is 4. The Labute approximate surface area is 128 Å². The van der Waals surface area contributed by atoms with Crippen molar-refractivity contribution in [2.24, 2.45) is 7.05 Å². The molecular formula is C18H16N4. The summed E-state index contributed by atoms with van der Waals surface area (Å²) >= 11 is 0. The molecule has 2 heterocycles. The van der Waals surface area contributed by atoms with E-state index in [-0.39, 0.29) is 0 Å². The summed E-state index contributed by atoms with van der Waals surface area (Å²) in [6, 6.07) is 14.7. The second kappa shape index (κ2) is 4.63. The summed E-state index contributed by atoms with van der Waals surface area (Å²) in [6.45, 7) is 3.81. The van der Waals surface area contributed by atoms with E-state index in [4.69, 9.17) is 0 Å². The second-order valence-electron chi connectivity index (χ2n) is 5.53. The summed E-state index contributed by atoms with van der Waals surface area (Å²) in [5, 5.41) is 2.43. The van der Waals surface area contributed by atoms with Crippen molar-refractivity contribution in [1.29, 1.82) is 0 Å². The van der Waals surface area contributed by atoms with E-state index in [2.05, 4.69) is 69.0 Å². The van der Waals surface area contributed by atoms with Gasteiger partial charge in [0.25, 0.3) is 0 Å². The van der Waals surface area contributed by atoms with Gasteiger partial charge in [-0.25, -0.2) is 15.0 Å². The van der Waals surface area contributed by atoms with Crippen molar-refractivity contribution in [3.8, 4) is 11.4 Å². The highest BCUT2D eigenvalue weighted by molar-refractivity contribution is 6.14. The number of aryl methyl sites for hydroxylation is 3. The maximum Gasteiger partial charge on any atom is 0.164 e. The number of hydrogen-bond acceptors (Lipinski definition) is 3. The molecule has 0 aliphatic rings. The van der Waals surface area contributed by atoms with Crippen LogP contribution in [-0.4, -0.2) is 19.5 Å². The van der Waals surface area contributed by atoms with E-state index in [9.17, 15) is 0 Å². The minimum atomic E-state index is 0.743. The SMILES string of the molecule is Cc1nc(C)nc(-c2cccc3c2c2ccccc2n3C)n1. The highest BCUT2D eigenvalue weighted by Crippen LogP contribution is 2.34. The molecule has 0 atom stereocenters. The van der Waals surface area contributed by atoms with Crippen molar-refractivity contribution in [3.05, 3.63) is 54.1 Å². The first kappa shape index (κ1) is 13.0. The van der Waals surface area contributed by atoms with Gasteiger partial charge in [0.15, 0.2) is 5.82 Å². The molecule has 0 radical (unpaired) electrons. The minimum Gasteiger partial charge on any atom is -0.344 e.